The molecule has 0 saturated carbocycles. The van der Waals surface area contributed by atoms with Crippen molar-refractivity contribution in [1.82, 2.24) is 0 Å². The largest absolute Gasteiger partial charge is 0.497 e. The van der Waals surface area contributed by atoms with Gasteiger partial charge in [0, 0.05) is 30.0 Å². The summed E-state index contributed by atoms with van der Waals surface area (Å²) < 4.78 is 29.4. The van der Waals surface area contributed by atoms with E-state index in [-0.39, 0.29) is 17.0 Å². The molecule has 0 bridgehead atoms. The summed E-state index contributed by atoms with van der Waals surface area (Å²) in [7, 11) is 4.48. The van der Waals surface area contributed by atoms with Gasteiger partial charge in [0.2, 0.25) is 0 Å². The Morgan fingerprint density at radius 3 is 2.00 bits per heavy atom. The van der Waals surface area contributed by atoms with E-state index >= 15 is 0 Å². The second-order valence-corrected chi connectivity index (χ2v) is 7.13. The summed E-state index contributed by atoms with van der Waals surface area (Å²) in [6, 6.07) is 17.1. The molecule has 1 aliphatic rings. The van der Waals surface area contributed by atoms with E-state index < -0.39 is 17.6 Å². The summed E-state index contributed by atoms with van der Waals surface area (Å²) in [4.78, 5) is 28.1. The van der Waals surface area contributed by atoms with E-state index in [4.69, 9.17) is 14.2 Å². The number of rotatable bonds is 7. The van der Waals surface area contributed by atoms with Gasteiger partial charge >= 0.3 is 0 Å². The molecule has 168 valence electrons. The molecule has 1 heterocycles. The van der Waals surface area contributed by atoms with Gasteiger partial charge in [0.15, 0.2) is 0 Å². The van der Waals surface area contributed by atoms with Crippen molar-refractivity contribution in [2.75, 3.05) is 31.5 Å². The Balaban J connectivity index is 1.83. The van der Waals surface area contributed by atoms with Crippen LogP contribution in [0.25, 0.3) is 5.57 Å². The fraction of sp³-hybridized carbons (Fsp3) is 0.120. The summed E-state index contributed by atoms with van der Waals surface area (Å²) in [5, 5.41) is 3.05. The summed E-state index contributed by atoms with van der Waals surface area (Å²) in [6.07, 6.45) is 0. The number of hydrogen-bond acceptors (Lipinski definition) is 6. The SMILES string of the molecule is COc1cccc(NC2=C(c3ccc(F)cc3)C(=O)N(c3cc(OC)cc(OC)c3)C2=O)c1. The third-order valence-corrected chi connectivity index (χ3v) is 5.15. The number of carbonyl (C=O) groups excluding carboxylic acids is 2. The highest BCUT2D eigenvalue weighted by Crippen LogP contribution is 2.37. The normalized spacial score (nSPS) is 13.4. The van der Waals surface area contributed by atoms with Gasteiger partial charge in [0.1, 0.15) is 28.8 Å². The van der Waals surface area contributed by atoms with Gasteiger partial charge in [-0.3, -0.25) is 9.59 Å². The molecule has 1 N–H and O–H groups in total. The Labute approximate surface area is 190 Å². The number of amides is 2. The number of methoxy groups -OCH3 is 3. The number of hydrogen-bond donors (Lipinski definition) is 1. The van der Waals surface area contributed by atoms with Gasteiger partial charge in [-0.2, -0.15) is 0 Å². The third-order valence-electron chi connectivity index (χ3n) is 5.15. The molecule has 3 aromatic carbocycles. The van der Waals surface area contributed by atoms with E-state index in [1.54, 1.807) is 42.5 Å². The highest BCUT2D eigenvalue weighted by molar-refractivity contribution is 6.46. The van der Waals surface area contributed by atoms with E-state index in [9.17, 15) is 14.0 Å². The van der Waals surface area contributed by atoms with Crippen molar-refractivity contribution < 1.29 is 28.2 Å². The zero-order valence-electron chi connectivity index (χ0n) is 18.2. The molecule has 7 nitrogen and oxygen atoms in total. The quantitative estimate of drug-likeness (QED) is 0.545. The second-order valence-electron chi connectivity index (χ2n) is 7.13. The maximum absolute atomic E-state index is 13.5. The molecule has 0 aromatic heterocycles. The summed E-state index contributed by atoms with van der Waals surface area (Å²) >= 11 is 0. The molecular weight excluding hydrogens is 427 g/mol. The maximum Gasteiger partial charge on any atom is 0.282 e. The molecular formula is C25H21FN2O5. The molecule has 8 heteroatoms. The minimum absolute atomic E-state index is 0.0571. The van der Waals surface area contributed by atoms with E-state index in [0.717, 1.165) is 4.90 Å². The molecule has 0 spiro atoms. The van der Waals surface area contributed by atoms with Crippen molar-refractivity contribution >= 4 is 28.8 Å². The van der Waals surface area contributed by atoms with Crippen molar-refractivity contribution in [1.29, 1.82) is 0 Å². The van der Waals surface area contributed by atoms with Crippen LogP contribution in [0.2, 0.25) is 0 Å². The van der Waals surface area contributed by atoms with Crippen LogP contribution < -0.4 is 24.4 Å². The summed E-state index contributed by atoms with van der Waals surface area (Å²) in [5.41, 5.74) is 1.40. The van der Waals surface area contributed by atoms with Crippen LogP contribution in [-0.4, -0.2) is 33.1 Å². The van der Waals surface area contributed by atoms with E-state index in [0.29, 0.717) is 28.5 Å². The smallest absolute Gasteiger partial charge is 0.282 e. The summed E-state index contributed by atoms with van der Waals surface area (Å²) in [6.45, 7) is 0. The van der Waals surface area contributed by atoms with Gasteiger partial charge in [-0.15, -0.1) is 0 Å². The first-order valence-electron chi connectivity index (χ1n) is 9.98. The number of carbonyl (C=O) groups is 2. The Kier molecular flexibility index (Phi) is 5.99. The van der Waals surface area contributed by atoms with Crippen molar-refractivity contribution in [3.05, 3.63) is 83.8 Å². The molecule has 0 unspecified atom stereocenters. The summed E-state index contributed by atoms with van der Waals surface area (Å²) in [5.74, 6) is -0.169. The number of benzene rings is 3. The fourth-order valence-corrected chi connectivity index (χ4v) is 3.53. The van der Waals surface area contributed by atoms with Gasteiger partial charge < -0.3 is 19.5 Å². The van der Waals surface area contributed by atoms with Crippen LogP contribution in [0.1, 0.15) is 5.56 Å². The third kappa shape index (κ3) is 4.23. The van der Waals surface area contributed by atoms with Gasteiger partial charge in [-0.05, 0) is 29.8 Å². The molecule has 0 radical (unpaired) electrons. The fourth-order valence-electron chi connectivity index (χ4n) is 3.53. The lowest BCUT2D eigenvalue weighted by Crippen LogP contribution is -2.32. The van der Waals surface area contributed by atoms with Crippen LogP contribution in [0.15, 0.2) is 72.4 Å². The van der Waals surface area contributed by atoms with Crippen molar-refractivity contribution in [3.63, 3.8) is 0 Å². The molecule has 3 aromatic rings. The van der Waals surface area contributed by atoms with Gasteiger partial charge in [-0.1, -0.05) is 18.2 Å². The molecule has 1 aliphatic heterocycles. The van der Waals surface area contributed by atoms with Crippen LogP contribution >= 0.6 is 0 Å². The van der Waals surface area contributed by atoms with Gasteiger partial charge in [0.05, 0.1) is 32.6 Å². The number of ether oxygens (including phenoxy) is 3. The lowest BCUT2D eigenvalue weighted by molar-refractivity contribution is -0.120. The molecule has 4 rings (SSSR count). The second kappa shape index (κ2) is 9.04. The first-order valence-corrected chi connectivity index (χ1v) is 9.98. The van der Waals surface area contributed by atoms with Crippen molar-refractivity contribution in [2.45, 2.75) is 0 Å². The van der Waals surface area contributed by atoms with Gasteiger partial charge in [0.25, 0.3) is 11.8 Å². The minimum Gasteiger partial charge on any atom is -0.497 e. The highest BCUT2D eigenvalue weighted by Gasteiger charge is 2.40. The molecule has 2 amide bonds. The first-order chi connectivity index (χ1) is 15.9. The molecule has 0 atom stereocenters. The Bertz CT molecular complexity index is 1230. The predicted octanol–water partition coefficient (Wildman–Crippen LogP) is 4.25. The van der Waals surface area contributed by atoms with E-state index in [1.807, 2.05) is 0 Å². The van der Waals surface area contributed by atoms with Gasteiger partial charge in [-0.25, -0.2) is 9.29 Å². The van der Waals surface area contributed by atoms with Crippen LogP contribution in [0.3, 0.4) is 0 Å². The first kappa shape index (κ1) is 21.9. The predicted molar refractivity (Wildman–Crippen MR) is 122 cm³/mol. The Morgan fingerprint density at radius 1 is 0.758 bits per heavy atom. The molecule has 0 aliphatic carbocycles. The van der Waals surface area contributed by atoms with Crippen LogP contribution in [0.4, 0.5) is 15.8 Å². The number of nitrogens with one attached hydrogen (secondary N) is 1. The monoisotopic (exact) mass is 448 g/mol. The van der Waals surface area contributed by atoms with E-state index in [2.05, 4.69) is 5.32 Å². The lowest BCUT2D eigenvalue weighted by atomic mass is 10.0. The minimum atomic E-state index is -0.572. The number of nitrogens with zero attached hydrogens (tertiary/aromatic N) is 1. The number of imide groups is 1. The zero-order chi connectivity index (χ0) is 23.5. The average Bonchev–Trinajstić information content (AvgIpc) is 3.08. The highest BCUT2D eigenvalue weighted by atomic mass is 19.1. The topological polar surface area (TPSA) is 77.1 Å². The molecule has 0 fully saturated rings. The van der Waals surface area contributed by atoms with Crippen molar-refractivity contribution in [2.24, 2.45) is 0 Å². The Morgan fingerprint density at radius 2 is 1.39 bits per heavy atom. The maximum atomic E-state index is 13.5. The zero-order valence-corrected chi connectivity index (χ0v) is 18.2. The molecule has 33 heavy (non-hydrogen) atoms. The van der Waals surface area contributed by atoms with Crippen molar-refractivity contribution in [3.8, 4) is 17.2 Å². The molecule has 0 saturated heterocycles. The van der Waals surface area contributed by atoms with Crippen LogP contribution in [0.5, 0.6) is 17.2 Å². The van der Waals surface area contributed by atoms with Crippen LogP contribution in [-0.2, 0) is 9.59 Å². The lowest BCUT2D eigenvalue weighted by Gasteiger charge is -2.17. The standard InChI is InChI=1S/C25H21FN2O5/c1-31-19-6-4-5-17(11-19)27-23-22(15-7-9-16(26)10-8-15)24(29)28(25(23)30)18-12-20(32-2)14-21(13-18)33-3/h4-14,27H,1-3H3. The van der Waals surface area contributed by atoms with Crippen LogP contribution in [0, 0.1) is 5.82 Å². The Hall–Kier alpha value is -4.33. The number of halogens is 1. The van der Waals surface area contributed by atoms with E-state index in [1.165, 1.54) is 45.6 Å². The number of anilines is 2. The average molecular weight is 448 g/mol.